The van der Waals surface area contributed by atoms with Gasteiger partial charge in [-0.25, -0.2) is 5.43 Å². The third-order valence-electron chi connectivity index (χ3n) is 3.64. The SMILES string of the molecule is COc1ccc(-n2cccc2/C=N/NC(=O)c2ccccc2O)cc1. The molecule has 0 aliphatic heterocycles. The highest BCUT2D eigenvalue weighted by Crippen LogP contribution is 2.17. The summed E-state index contributed by atoms with van der Waals surface area (Å²) in [5.41, 5.74) is 4.32. The molecule has 0 unspecified atom stereocenters. The second kappa shape index (κ2) is 7.35. The average Bonchev–Trinajstić information content (AvgIpc) is 3.10. The van der Waals surface area contributed by atoms with Gasteiger partial charge in [0.05, 0.1) is 24.6 Å². The van der Waals surface area contributed by atoms with Crippen LogP contribution in [0.2, 0.25) is 0 Å². The highest BCUT2D eigenvalue weighted by Gasteiger charge is 2.08. The Morgan fingerprint density at radius 1 is 1.12 bits per heavy atom. The largest absolute Gasteiger partial charge is 0.507 e. The number of ether oxygens (including phenoxy) is 1. The summed E-state index contributed by atoms with van der Waals surface area (Å²) in [6.07, 6.45) is 3.44. The summed E-state index contributed by atoms with van der Waals surface area (Å²) in [6.45, 7) is 0. The third kappa shape index (κ3) is 3.69. The average molecular weight is 335 g/mol. The maximum Gasteiger partial charge on any atom is 0.275 e. The van der Waals surface area contributed by atoms with Gasteiger partial charge in [-0.05, 0) is 48.5 Å². The van der Waals surface area contributed by atoms with E-state index in [1.54, 1.807) is 25.5 Å². The van der Waals surface area contributed by atoms with Gasteiger partial charge < -0.3 is 14.4 Å². The fourth-order valence-electron chi connectivity index (χ4n) is 2.36. The summed E-state index contributed by atoms with van der Waals surface area (Å²) in [7, 11) is 1.62. The standard InChI is InChI=1S/C19H17N3O3/c1-25-16-10-8-14(9-11-16)22-12-4-5-15(22)13-20-21-19(24)17-6-2-3-7-18(17)23/h2-13,23H,1H3,(H,21,24)/b20-13+. The number of aromatic hydroxyl groups is 1. The van der Waals surface area contributed by atoms with Gasteiger partial charge in [0.2, 0.25) is 0 Å². The maximum absolute atomic E-state index is 12.0. The van der Waals surface area contributed by atoms with Crippen LogP contribution in [-0.4, -0.2) is 28.9 Å². The quantitative estimate of drug-likeness (QED) is 0.556. The molecule has 0 saturated carbocycles. The van der Waals surface area contributed by atoms with Crippen molar-refractivity contribution in [2.75, 3.05) is 7.11 Å². The summed E-state index contributed by atoms with van der Waals surface area (Å²) in [5, 5.41) is 13.6. The number of hydrogen-bond acceptors (Lipinski definition) is 4. The number of carbonyl (C=O) groups is 1. The van der Waals surface area contributed by atoms with E-state index in [9.17, 15) is 9.90 Å². The zero-order valence-electron chi connectivity index (χ0n) is 13.6. The number of phenols is 1. The lowest BCUT2D eigenvalue weighted by atomic mass is 10.2. The van der Waals surface area contributed by atoms with Gasteiger partial charge >= 0.3 is 0 Å². The van der Waals surface area contributed by atoms with Crippen LogP contribution >= 0.6 is 0 Å². The van der Waals surface area contributed by atoms with Gasteiger partial charge in [0.1, 0.15) is 11.5 Å². The number of phenolic OH excluding ortho intramolecular Hbond substituents is 1. The van der Waals surface area contributed by atoms with E-state index in [0.717, 1.165) is 17.1 Å². The molecule has 0 bridgehead atoms. The summed E-state index contributed by atoms with van der Waals surface area (Å²) in [4.78, 5) is 12.0. The molecule has 1 aromatic heterocycles. The number of carbonyl (C=O) groups excluding carboxylic acids is 1. The molecular weight excluding hydrogens is 318 g/mol. The van der Waals surface area contributed by atoms with E-state index in [4.69, 9.17) is 4.74 Å². The number of benzene rings is 2. The lowest BCUT2D eigenvalue weighted by Gasteiger charge is -2.07. The van der Waals surface area contributed by atoms with E-state index < -0.39 is 5.91 Å². The number of hydrazone groups is 1. The number of nitrogens with one attached hydrogen (secondary N) is 1. The van der Waals surface area contributed by atoms with Crippen LogP contribution < -0.4 is 10.2 Å². The maximum atomic E-state index is 12.0. The third-order valence-corrected chi connectivity index (χ3v) is 3.64. The number of amides is 1. The van der Waals surface area contributed by atoms with Gasteiger partial charge in [-0.3, -0.25) is 4.79 Å². The molecule has 1 heterocycles. The minimum atomic E-state index is -0.475. The number of rotatable bonds is 5. The second-order valence-electron chi connectivity index (χ2n) is 5.22. The van der Waals surface area contributed by atoms with Crippen molar-refractivity contribution in [3.63, 3.8) is 0 Å². The van der Waals surface area contributed by atoms with Gasteiger partial charge in [0.25, 0.3) is 5.91 Å². The molecule has 2 N–H and O–H groups in total. The molecule has 3 rings (SSSR count). The van der Waals surface area contributed by atoms with Gasteiger partial charge in [-0.15, -0.1) is 0 Å². The molecule has 0 atom stereocenters. The van der Waals surface area contributed by atoms with Crippen LogP contribution in [0.3, 0.4) is 0 Å². The van der Waals surface area contributed by atoms with E-state index in [1.165, 1.54) is 12.1 Å². The topological polar surface area (TPSA) is 75.8 Å². The zero-order valence-corrected chi connectivity index (χ0v) is 13.6. The van der Waals surface area contributed by atoms with Crippen LogP contribution in [-0.2, 0) is 0 Å². The Balaban J connectivity index is 1.73. The molecule has 0 aliphatic rings. The summed E-state index contributed by atoms with van der Waals surface area (Å²) < 4.78 is 7.08. The number of aromatic nitrogens is 1. The van der Waals surface area contributed by atoms with Crippen molar-refractivity contribution in [1.29, 1.82) is 0 Å². The van der Waals surface area contributed by atoms with Gasteiger partial charge in [-0.1, -0.05) is 12.1 Å². The molecule has 6 nitrogen and oxygen atoms in total. The van der Waals surface area contributed by atoms with Gasteiger partial charge in [-0.2, -0.15) is 5.10 Å². The molecule has 0 fully saturated rings. The van der Waals surface area contributed by atoms with Crippen molar-refractivity contribution < 1.29 is 14.6 Å². The van der Waals surface area contributed by atoms with E-state index in [2.05, 4.69) is 10.5 Å². The van der Waals surface area contributed by atoms with Crippen LogP contribution in [0.25, 0.3) is 5.69 Å². The van der Waals surface area contributed by atoms with Gasteiger partial charge in [0.15, 0.2) is 0 Å². The summed E-state index contributed by atoms with van der Waals surface area (Å²) in [5.74, 6) is 0.217. The first kappa shape index (κ1) is 16.3. The van der Waals surface area contributed by atoms with Crippen LogP contribution in [0.4, 0.5) is 0 Å². The summed E-state index contributed by atoms with van der Waals surface area (Å²) >= 11 is 0. The Labute approximate surface area is 145 Å². The first-order chi connectivity index (χ1) is 12.2. The van der Waals surface area contributed by atoms with Crippen LogP contribution in [0.15, 0.2) is 72.0 Å². The lowest BCUT2D eigenvalue weighted by molar-refractivity contribution is 0.0952. The monoisotopic (exact) mass is 335 g/mol. The Morgan fingerprint density at radius 2 is 1.88 bits per heavy atom. The Morgan fingerprint density at radius 3 is 2.60 bits per heavy atom. The lowest BCUT2D eigenvalue weighted by Crippen LogP contribution is -2.17. The van der Waals surface area contributed by atoms with Crippen LogP contribution in [0.5, 0.6) is 11.5 Å². The van der Waals surface area contributed by atoms with Crippen molar-refractivity contribution in [2.45, 2.75) is 0 Å². The number of nitrogens with zero attached hydrogens (tertiary/aromatic N) is 2. The predicted octanol–water partition coefficient (Wildman–Crippen LogP) is 2.96. The van der Waals surface area contributed by atoms with E-state index in [0.29, 0.717) is 0 Å². The fourth-order valence-corrected chi connectivity index (χ4v) is 2.36. The van der Waals surface area contributed by atoms with Crippen molar-refractivity contribution >= 4 is 12.1 Å². The molecule has 1 amide bonds. The minimum absolute atomic E-state index is 0.0863. The minimum Gasteiger partial charge on any atom is -0.507 e. The van der Waals surface area contributed by atoms with Crippen LogP contribution in [0, 0.1) is 0 Å². The van der Waals surface area contributed by atoms with Gasteiger partial charge in [0, 0.05) is 11.9 Å². The molecule has 25 heavy (non-hydrogen) atoms. The molecule has 0 aliphatic carbocycles. The van der Waals surface area contributed by atoms with E-state index in [1.807, 2.05) is 47.2 Å². The molecule has 2 aromatic carbocycles. The van der Waals surface area contributed by atoms with Crippen molar-refractivity contribution in [2.24, 2.45) is 5.10 Å². The molecule has 126 valence electrons. The van der Waals surface area contributed by atoms with E-state index >= 15 is 0 Å². The zero-order chi connectivity index (χ0) is 17.6. The van der Waals surface area contributed by atoms with Crippen molar-refractivity contribution in [1.82, 2.24) is 9.99 Å². The Bertz CT molecular complexity index is 898. The number of para-hydroxylation sites is 1. The Kier molecular flexibility index (Phi) is 4.80. The smallest absolute Gasteiger partial charge is 0.275 e. The molecular formula is C19H17N3O3. The first-order valence-corrected chi connectivity index (χ1v) is 7.62. The molecule has 3 aromatic rings. The Hall–Kier alpha value is -3.54. The predicted molar refractivity (Wildman–Crippen MR) is 95.5 cm³/mol. The first-order valence-electron chi connectivity index (χ1n) is 7.62. The van der Waals surface area contributed by atoms with Crippen molar-refractivity contribution in [3.05, 3.63) is 78.1 Å². The fraction of sp³-hybridized carbons (Fsp3) is 0.0526. The molecule has 0 radical (unpaired) electrons. The highest BCUT2D eigenvalue weighted by atomic mass is 16.5. The normalized spacial score (nSPS) is 10.8. The van der Waals surface area contributed by atoms with Crippen molar-refractivity contribution in [3.8, 4) is 17.2 Å². The second-order valence-corrected chi connectivity index (χ2v) is 5.22. The summed E-state index contributed by atoms with van der Waals surface area (Å²) in [6, 6.07) is 17.7. The van der Waals surface area contributed by atoms with Crippen LogP contribution in [0.1, 0.15) is 16.1 Å². The highest BCUT2D eigenvalue weighted by molar-refractivity contribution is 5.97. The molecule has 0 spiro atoms. The number of hydrogen-bond donors (Lipinski definition) is 2. The number of methoxy groups -OCH3 is 1. The molecule has 6 heteroatoms. The molecule has 0 saturated heterocycles. The van der Waals surface area contributed by atoms with E-state index in [-0.39, 0.29) is 11.3 Å².